The van der Waals surface area contributed by atoms with E-state index in [1.165, 1.54) is 41.4 Å². The number of anilines is 1. The lowest BCUT2D eigenvalue weighted by atomic mass is 10.1. The Kier molecular flexibility index (Phi) is 4.83. The van der Waals surface area contributed by atoms with Crippen molar-refractivity contribution < 1.29 is 14.1 Å². The third-order valence-corrected chi connectivity index (χ3v) is 4.85. The maximum Gasteiger partial charge on any atom is 0.294 e. The molecule has 0 fully saturated rings. The molecule has 0 aliphatic rings. The Labute approximate surface area is 167 Å². The van der Waals surface area contributed by atoms with Gasteiger partial charge in [-0.1, -0.05) is 12.1 Å². The summed E-state index contributed by atoms with van der Waals surface area (Å²) in [6.45, 7) is 0. The molecule has 0 saturated heterocycles. The number of amides is 1. The third-order valence-electron chi connectivity index (χ3n) is 4.09. The number of halogens is 1. The van der Waals surface area contributed by atoms with E-state index in [9.17, 15) is 19.3 Å². The van der Waals surface area contributed by atoms with Crippen LogP contribution in [0.5, 0.6) is 0 Å². The van der Waals surface area contributed by atoms with Gasteiger partial charge in [-0.3, -0.25) is 20.2 Å². The van der Waals surface area contributed by atoms with Crippen LogP contribution in [0.25, 0.3) is 16.9 Å². The molecule has 1 N–H and O–H groups in total. The molecule has 0 aliphatic carbocycles. The molecule has 4 rings (SSSR count). The molecule has 144 valence electrons. The van der Waals surface area contributed by atoms with Crippen LogP contribution < -0.4 is 5.32 Å². The Morgan fingerprint density at radius 2 is 2.07 bits per heavy atom. The number of hydrogen-bond acceptors (Lipinski definition) is 6. The topological polar surface area (TPSA) is 103 Å². The number of benzene rings is 2. The van der Waals surface area contributed by atoms with Gasteiger partial charge in [0.2, 0.25) is 0 Å². The van der Waals surface area contributed by atoms with Gasteiger partial charge < -0.3 is 4.57 Å². The van der Waals surface area contributed by atoms with Crippen LogP contribution >= 0.6 is 11.3 Å². The molecule has 0 spiro atoms. The minimum Gasteiger partial charge on any atom is -0.300 e. The molecule has 0 radical (unpaired) electrons. The number of nitrogens with one attached hydrogen (secondary N) is 1. The van der Waals surface area contributed by atoms with Gasteiger partial charge in [0.05, 0.1) is 16.9 Å². The van der Waals surface area contributed by atoms with Crippen LogP contribution in [0.3, 0.4) is 0 Å². The van der Waals surface area contributed by atoms with Crippen molar-refractivity contribution in [2.24, 2.45) is 0 Å². The smallest absolute Gasteiger partial charge is 0.294 e. The van der Waals surface area contributed by atoms with E-state index in [-0.39, 0.29) is 16.4 Å². The molecule has 2 aromatic carbocycles. The molecule has 4 aromatic rings. The molecular weight excluding hydrogens is 397 g/mol. The maximum atomic E-state index is 13.9. The Bertz CT molecular complexity index is 1210. The second kappa shape index (κ2) is 7.60. The molecule has 1 amide bonds. The van der Waals surface area contributed by atoms with Crippen LogP contribution in [-0.2, 0) is 0 Å². The lowest BCUT2D eigenvalue weighted by Gasteiger charge is -2.06. The Hall–Kier alpha value is -3.92. The van der Waals surface area contributed by atoms with E-state index in [0.29, 0.717) is 16.9 Å². The average molecular weight is 409 g/mol. The van der Waals surface area contributed by atoms with Gasteiger partial charge in [0.15, 0.2) is 5.13 Å². The van der Waals surface area contributed by atoms with Crippen LogP contribution in [0.4, 0.5) is 15.2 Å². The monoisotopic (exact) mass is 409 g/mol. The SMILES string of the molecule is O=C(Nc1nc(-c2ccccc2F)cs1)c1ccc(-n2ccnc2)c([N+](=O)[O-])c1. The van der Waals surface area contributed by atoms with Gasteiger partial charge in [-0.05, 0) is 24.3 Å². The summed E-state index contributed by atoms with van der Waals surface area (Å²) >= 11 is 1.13. The normalized spacial score (nSPS) is 10.7. The predicted molar refractivity (Wildman–Crippen MR) is 106 cm³/mol. The van der Waals surface area contributed by atoms with E-state index in [2.05, 4.69) is 15.3 Å². The zero-order chi connectivity index (χ0) is 20.4. The number of nitro benzene ring substituents is 1. The van der Waals surface area contributed by atoms with Gasteiger partial charge in [-0.25, -0.2) is 14.4 Å². The zero-order valence-electron chi connectivity index (χ0n) is 14.7. The van der Waals surface area contributed by atoms with Crippen molar-refractivity contribution in [1.29, 1.82) is 0 Å². The van der Waals surface area contributed by atoms with Gasteiger partial charge in [0, 0.05) is 35.0 Å². The number of rotatable bonds is 5. The number of nitro groups is 1. The molecule has 2 heterocycles. The maximum absolute atomic E-state index is 13.9. The number of imidazole rings is 1. The van der Waals surface area contributed by atoms with Crippen molar-refractivity contribution in [2.45, 2.75) is 0 Å². The Balaban J connectivity index is 1.59. The van der Waals surface area contributed by atoms with Crippen LogP contribution in [0, 0.1) is 15.9 Å². The molecule has 0 aliphatic heterocycles. The average Bonchev–Trinajstić information content (AvgIpc) is 3.40. The Morgan fingerprint density at radius 3 is 2.79 bits per heavy atom. The highest BCUT2D eigenvalue weighted by Crippen LogP contribution is 2.28. The van der Waals surface area contributed by atoms with Crippen molar-refractivity contribution in [2.75, 3.05) is 5.32 Å². The summed E-state index contributed by atoms with van der Waals surface area (Å²) in [6, 6.07) is 10.3. The second-order valence-corrected chi connectivity index (χ2v) is 6.76. The third kappa shape index (κ3) is 3.73. The van der Waals surface area contributed by atoms with Gasteiger partial charge in [-0.2, -0.15) is 0 Å². The fourth-order valence-electron chi connectivity index (χ4n) is 2.72. The highest BCUT2D eigenvalue weighted by Gasteiger charge is 2.19. The molecule has 0 unspecified atom stereocenters. The molecule has 0 bridgehead atoms. The van der Waals surface area contributed by atoms with E-state index < -0.39 is 16.6 Å². The summed E-state index contributed by atoms with van der Waals surface area (Å²) in [7, 11) is 0. The minimum atomic E-state index is -0.564. The summed E-state index contributed by atoms with van der Waals surface area (Å²) in [5, 5.41) is 15.9. The second-order valence-electron chi connectivity index (χ2n) is 5.90. The van der Waals surface area contributed by atoms with E-state index >= 15 is 0 Å². The van der Waals surface area contributed by atoms with Gasteiger partial charge in [-0.15, -0.1) is 11.3 Å². The fourth-order valence-corrected chi connectivity index (χ4v) is 3.43. The summed E-state index contributed by atoms with van der Waals surface area (Å²) in [6.07, 6.45) is 4.50. The van der Waals surface area contributed by atoms with E-state index in [0.717, 1.165) is 11.3 Å². The van der Waals surface area contributed by atoms with Gasteiger partial charge in [0.1, 0.15) is 11.5 Å². The first kappa shape index (κ1) is 18.4. The van der Waals surface area contributed by atoms with Crippen molar-refractivity contribution in [1.82, 2.24) is 14.5 Å². The number of thiazole rings is 1. The molecule has 29 heavy (non-hydrogen) atoms. The molecule has 0 saturated carbocycles. The highest BCUT2D eigenvalue weighted by atomic mass is 32.1. The van der Waals surface area contributed by atoms with Crippen molar-refractivity contribution >= 4 is 28.1 Å². The first-order valence-electron chi connectivity index (χ1n) is 8.31. The predicted octanol–water partition coefficient (Wildman–Crippen LogP) is 4.30. The fraction of sp³-hybridized carbons (Fsp3) is 0. The first-order valence-corrected chi connectivity index (χ1v) is 9.19. The number of hydrogen-bond donors (Lipinski definition) is 1. The number of carbonyl (C=O) groups is 1. The summed E-state index contributed by atoms with van der Waals surface area (Å²) in [4.78, 5) is 31.5. The van der Waals surface area contributed by atoms with Gasteiger partial charge in [0.25, 0.3) is 11.6 Å². The summed E-state index contributed by atoms with van der Waals surface area (Å²) in [5.41, 5.74) is 0.875. The largest absolute Gasteiger partial charge is 0.300 e. The van der Waals surface area contributed by atoms with E-state index in [4.69, 9.17) is 0 Å². The number of nitrogens with zero attached hydrogens (tertiary/aromatic N) is 4. The molecule has 8 nitrogen and oxygen atoms in total. The van der Waals surface area contributed by atoms with Crippen LogP contribution in [0.15, 0.2) is 66.6 Å². The van der Waals surface area contributed by atoms with Crippen molar-refractivity contribution in [3.63, 3.8) is 0 Å². The van der Waals surface area contributed by atoms with Crippen LogP contribution in [-0.4, -0.2) is 25.4 Å². The van der Waals surface area contributed by atoms with Gasteiger partial charge >= 0.3 is 0 Å². The lowest BCUT2D eigenvalue weighted by Crippen LogP contribution is -2.12. The van der Waals surface area contributed by atoms with E-state index in [1.807, 2.05) is 0 Å². The van der Waals surface area contributed by atoms with Crippen LogP contribution in [0.1, 0.15) is 10.4 Å². The quantitative estimate of drug-likeness (QED) is 0.391. The van der Waals surface area contributed by atoms with Crippen LogP contribution in [0.2, 0.25) is 0 Å². The molecule has 10 heteroatoms. The first-order chi connectivity index (χ1) is 14.0. The lowest BCUT2D eigenvalue weighted by molar-refractivity contribution is -0.384. The molecule has 0 atom stereocenters. The summed E-state index contributed by atoms with van der Waals surface area (Å²) < 4.78 is 15.4. The molecular formula is C19H12FN5O3S. The Morgan fingerprint density at radius 1 is 1.24 bits per heavy atom. The number of aromatic nitrogens is 3. The highest BCUT2D eigenvalue weighted by molar-refractivity contribution is 7.14. The summed E-state index contributed by atoms with van der Waals surface area (Å²) in [5.74, 6) is -0.971. The van der Waals surface area contributed by atoms with Crippen molar-refractivity contribution in [3.05, 3.63) is 88.1 Å². The number of carbonyl (C=O) groups excluding carboxylic acids is 1. The standard InChI is InChI=1S/C19H12FN5O3S/c20-14-4-2-1-3-13(14)15-10-29-19(22-15)23-18(26)12-5-6-16(17(9-12)25(27)28)24-8-7-21-11-24/h1-11H,(H,22,23,26). The van der Waals surface area contributed by atoms with E-state index in [1.54, 1.807) is 29.8 Å². The zero-order valence-corrected chi connectivity index (χ0v) is 15.5. The minimum absolute atomic E-state index is 0.100. The molecule has 2 aromatic heterocycles. The van der Waals surface area contributed by atoms with Crippen molar-refractivity contribution in [3.8, 4) is 16.9 Å².